The van der Waals surface area contributed by atoms with Gasteiger partial charge >= 0.3 is 0 Å². The Kier molecular flexibility index (Phi) is 3.41. The largest absolute Gasteiger partial charge is 0.271 e. The Balaban J connectivity index is 2.10. The van der Waals surface area contributed by atoms with Crippen LogP contribution >= 0.6 is 0 Å². The summed E-state index contributed by atoms with van der Waals surface area (Å²) in [4.78, 5) is 8.46. The zero-order chi connectivity index (χ0) is 13.9. The quantitative estimate of drug-likeness (QED) is 0.563. The van der Waals surface area contributed by atoms with Crippen molar-refractivity contribution in [2.45, 2.75) is 13.0 Å². The number of hydrogen-bond donors (Lipinski definition) is 2. The number of rotatable bonds is 3. The molecule has 0 aliphatic rings. The van der Waals surface area contributed by atoms with Crippen molar-refractivity contribution in [1.82, 2.24) is 15.4 Å². The van der Waals surface area contributed by atoms with Gasteiger partial charge in [-0.05, 0) is 47.9 Å². The Morgan fingerprint density at radius 3 is 2.85 bits per heavy atom. The van der Waals surface area contributed by atoms with Crippen LogP contribution in [0.1, 0.15) is 22.7 Å². The van der Waals surface area contributed by atoms with E-state index in [0.29, 0.717) is 0 Å². The average molecular weight is 264 g/mol. The summed E-state index contributed by atoms with van der Waals surface area (Å²) in [7, 11) is 0. The fourth-order valence-corrected chi connectivity index (χ4v) is 2.45. The minimum absolute atomic E-state index is 0.0531. The molecule has 3 N–H and O–H groups in total. The third kappa shape index (κ3) is 2.27. The Morgan fingerprint density at radius 1 is 1.15 bits per heavy atom. The summed E-state index contributed by atoms with van der Waals surface area (Å²) in [5.74, 6) is 5.76. The molecular formula is C16H16N4. The Morgan fingerprint density at radius 2 is 2.05 bits per heavy atom. The monoisotopic (exact) mass is 264 g/mol. The van der Waals surface area contributed by atoms with Gasteiger partial charge < -0.3 is 0 Å². The van der Waals surface area contributed by atoms with Crippen molar-refractivity contribution < 1.29 is 0 Å². The smallest absolute Gasteiger partial charge is 0.0713 e. The van der Waals surface area contributed by atoms with Gasteiger partial charge in [0.05, 0.1) is 11.6 Å². The molecule has 0 fully saturated rings. The minimum atomic E-state index is -0.0531. The van der Waals surface area contributed by atoms with E-state index in [1.54, 1.807) is 12.4 Å². The molecule has 4 heteroatoms. The molecule has 1 atom stereocenters. The molecule has 0 bridgehead atoms. The summed E-state index contributed by atoms with van der Waals surface area (Å²) >= 11 is 0. The lowest BCUT2D eigenvalue weighted by Gasteiger charge is -2.19. The van der Waals surface area contributed by atoms with Crippen LogP contribution in [0.25, 0.3) is 10.9 Å². The van der Waals surface area contributed by atoms with Gasteiger partial charge in [-0.1, -0.05) is 12.1 Å². The lowest BCUT2D eigenvalue weighted by atomic mass is 9.96. The second-order valence-electron chi connectivity index (χ2n) is 4.79. The first-order chi connectivity index (χ1) is 9.79. The molecule has 20 heavy (non-hydrogen) atoms. The van der Waals surface area contributed by atoms with Gasteiger partial charge in [-0.2, -0.15) is 0 Å². The Labute approximate surface area is 117 Å². The number of benzene rings is 1. The average Bonchev–Trinajstić information content (AvgIpc) is 2.50. The van der Waals surface area contributed by atoms with Crippen molar-refractivity contribution in [3.63, 3.8) is 0 Å². The van der Waals surface area contributed by atoms with Gasteiger partial charge in [0.25, 0.3) is 0 Å². The first-order valence-electron chi connectivity index (χ1n) is 6.51. The molecular weight excluding hydrogens is 248 g/mol. The van der Waals surface area contributed by atoms with Gasteiger partial charge in [-0.25, -0.2) is 5.43 Å². The normalized spacial score (nSPS) is 12.5. The summed E-state index contributed by atoms with van der Waals surface area (Å²) < 4.78 is 0. The SMILES string of the molecule is Cc1cnccc1C(NN)c1ccc2ncccc2c1. The van der Waals surface area contributed by atoms with E-state index in [1.807, 2.05) is 31.3 Å². The molecule has 1 aromatic carbocycles. The number of aryl methyl sites for hydroxylation is 1. The van der Waals surface area contributed by atoms with Gasteiger partial charge in [0.1, 0.15) is 0 Å². The summed E-state index contributed by atoms with van der Waals surface area (Å²) in [6, 6.07) is 12.1. The first-order valence-corrected chi connectivity index (χ1v) is 6.51. The summed E-state index contributed by atoms with van der Waals surface area (Å²) in [5.41, 5.74) is 7.23. The molecule has 3 aromatic rings. The molecule has 2 aromatic heterocycles. The fourth-order valence-electron chi connectivity index (χ4n) is 2.45. The molecule has 4 nitrogen and oxygen atoms in total. The molecule has 0 aliphatic carbocycles. The number of aromatic nitrogens is 2. The molecule has 1 unspecified atom stereocenters. The van der Waals surface area contributed by atoms with Crippen LogP contribution in [0.3, 0.4) is 0 Å². The second kappa shape index (κ2) is 5.36. The zero-order valence-electron chi connectivity index (χ0n) is 11.2. The number of hydrazine groups is 1. The third-order valence-electron chi connectivity index (χ3n) is 3.50. The predicted octanol–water partition coefficient (Wildman–Crippen LogP) is 2.49. The van der Waals surface area contributed by atoms with Crippen molar-refractivity contribution in [3.05, 3.63) is 71.7 Å². The highest BCUT2D eigenvalue weighted by Crippen LogP contribution is 2.25. The van der Waals surface area contributed by atoms with Crippen LogP contribution in [-0.4, -0.2) is 9.97 Å². The maximum absolute atomic E-state index is 5.76. The van der Waals surface area contributed by atoms with Crippen molar-refractivity contribution in [2.75, 3.05) is 0 Å². The van der Waals surface area contributed by atoms with Crippen LogP contribution < -0.4 is 11.3 Å². The van der Waals surface area contributed by atoms with E-state index in [2.05, 4.69) is 33.6 Å². The van der Waals surface area contributed by atoms with Crippen molar-refractivity contribution in [3.8, 4) is 0 Å². The molecule has 0 amide bonds. The van der Waals surface area contributed by atoms with E-state index in [1.165, 1.54) is 0 Å². The number of nitrogens with zero attached hydrogens (tertiary/aromatic N) is 2. The van der Waals surface area contributed by atoms with Crippen LogP contribution in [0.2, 0.25) is 0 Å². The van der Waals surface area contributed by atoms with E-state index < -0.39 is 0 Å². The summed E-state index contributed by atoms with van der Waals surface area (Å²) in [6.07, 6.45) is 5.44. The number of pyridine rings is 2. The number of nitrogens with two attached hydrogens (primary N) is 1. The lowest BCUT2D eigenvalue weighted by molar-refractivity contribution is 0.633. The summed E-state index contributed by atoms with van der Waals surface area (Å²) in [6.45, 7) is 2.04. The van der Waals surface area contributed by atoms with E-state index in [4.69, 9.17) is 5.84 Å². The highest BCUT2D eigenvalue weighted by atomic mass is 15.2. The highest BCUT2D eigenvalue weighted by Gasteiger charge is 2.14. The van der Waals surface area contributed by atoms with Gasteiger partial charge in [-0.3, -0.25) is 15.8 Å². The Bertz CT molecular complexity index is 739. The van der Waals surface area contributed by atoms with Gasteiger partial charge in [0.2, 0.25) is 0 Å². The van der Waals surface area contributed by atoms with Crippen LogP contribution in [0.4, 0.5) is 0 Å². The maximum atomic E-state index is 5.76. The molecule has 0 aliphatic heterocycles. The van der Waals surface area contributed by atoms with Crippen LogP contribution in [0.15, 0.2) is 55.0 Å². The molecule has 0 saturated carbocycles. The standard InChI is InChI=1S/C16H16N4/c1-11-10-18-8-6-14(11)16(20-17)13-4-5-15-12(9-13)3-2-7-19-15/h2-10,16,20H,17H2,1H3. The molecule has 0 radical (unpaired) electrons. The van der Waals surface area contributed by atoms with Crippen molar-refractivity contribution in [2.24, 2.45) is 5.84 Å². The van der Waals surface area contributed by atoms with Gasteiger partial charge in [0, 0.05) is 24.0 Å². The number of hydrogen-bond acceptors (Lipinski definition) is 4. The van der Waals surface area contributed by atoms with E-state index in [0.717, 1.165) is 27.6 Å². The van der Waals surface area contributed by atoms with Crippen molar-refractivity contribution >= 4 is 10.9 Å². The van der Waals surface area contributed by atoms with Gasteiger partial charge in [-0.15, -0.1) is 0 Å². The van der Waals surface area contributed by atoms with E-state index in [-0.39, 0.29) is 6.04 Å². The third-order valence-corrected chi connectivity index (χ3v) is 3.50. The fraction of sp³-hybridized carbons (Fsp3) is 0.125. The van der Waals surface area contributed by atoms with Gasteiger partial charge in [0.15, 0.2) is 0 Å². The van der Waals surface area contributed by atoms with Crippen LogP contribution in [0.5, 0.6) is 0 Å². The van der Waals surface area contributed by atoms with Crippen molar-refractivity contribution in [1.29, 1.82) is 0 Å². The predicted molar refractivity (Wildman–Crippen MR) is 79.9 cm³/mol. The zero-order valence-corrected chi connectivity index (χ0v) is 11.2. The van der Waals surface area contributed by atoms with Crippen LogP contribution in [0, 0.1) is 6.92 Å². The first kappa shape index (κ1) is 12.7. The molecule has 100 valence electrons. The summed E-state index contributed by atoms with van der Waals surface area (Å²) in [5, 5.41) is 1.11. The topological polar surface area (TPSA) is 63.8 Å². The Hall–Kier alpha value is -2.30. The molecule has 0 saturated heterocycles. The second-order valence-corrected chi connectivity index (χ2v) is 4.79. The molecule has 2 heterocycles. The van der Waals surface area contributed by atoms with Crippen LogP contribution in [-0.2, 0) is 0 Å². The molecule has 0 spiro atoms. The number of fused-ring (bicyclic) bond motifs is 1. The van der Waals surface area contributed by atoms with E-state index >= 15 is 0 Å². The minimum Gasteiger partial charge on any atom is -0.271 e. The maximum Gasteiger partial charge on any atom is 0.0713 e. The highest BCUT2D eigenvalue weighted by molar-refractivity contribution is 5.79. The molecule has 3 rings (SSSR count). The lowest BCUT2D eigenvalue weighted by Crippen LogP contribution is -2.29. The van der Waals surface area contributed by atoms with E-state index in [9.17, 15) is 0 Å². The number of nitrogens with one attached hydrogen (secondary N) is 1.